The predicted molar refractivity (Wildman–Crippen MR) is 62.4 cm³/mol. The van der Waals surface area contributed by atoms with Crippen LogP contribution in [0.4, 0.5) is 0 Å². The highest BCUT2D eigenvalue weighted by molar-refractivity contribution is 7.13. The second-order valence-electron chi connectivity index (χ2n) is 2.63. The Morgan fingerprint density at radius 3 is 2.29 bits per heavy atom. The Kier molecular flexibility index (Phi) is 4.29. The Morgan fingerprint density at radius 2 is 1.79 bits per heavy atom. The summed E-state index contributed by atoms with van der Waals surface area (Å²) < 4.78 is 0. The van der Waals surface area contributed by atoms with Crippen molar-refractivity contribution in [1.82, 2.24) is 4.98 Å². The van der Waals surface area contributed by atoms with Gasteiger partial charge >= 0.3 is 0 Å². The molecule has 1 aromatic heterocycles. The number of hydrogen-bond acceptors (Lipinski definition) is 3. The Balaban J connectivity index is 0.000000461. The van der Waals surface area contributed by atoms with Gasteiger partial charge in [0.15, 0.2) is 0 Å². The van der Waals surface area contributed by atoms with Crippen molar-refractivity contribution in [2.45, 2.75) is 6.92 Å². The van der Waals surface area contributed by atoms with E-state index in [1.54, 1.807) is 11.3 Å². The number of hydrogen-bond donors (Lipinski definition) is 1. The lowest BCUT2D eigenvalue weighted by Gasteiger charge is -1.96. The largest absolute Gasteiger partial charge is 0.333 e. The fourth-order valence-corrected chi connectivity index (χ4v) is 1.98. The third-order valence-corrected chi connectivity index (χ3v) is 2.76. The summed E-state index contributed by atoms with van der Waals surface area (Å²) in [5.74, 6) is 0. The Bertz CT molecular complexity index is 368. The fraction of sp³-hybridized carbons (Fsp3) is 0.182. The van der Waals surface area contributed by atoms with Crippen LogP contribution in [0.15, 0.2) is 35.8 Å². The van der Waals surface area contributed by atoms with Gasteiger partial charge in [0.2, 0.25) is 0 Å². The number of thiazole rings is 1. The lowest BCUT2D eigenvalue weighted by Crippen LogP contribution is -1.75. The zero-order chi connectivity index (χ0) is 10.4. The third kappa shape index (κ3) is 2.40. The molecule has 0 saturated heterocycles. The van der Waals surface area contributed by atoms with Crippen LogP contribution in [-0.4, -0.2) is 12.0 Å². The lowest BCUT2D eigenvalue weighted by molar-refractivity contribution is 1.27. The maximum atomic E-state index is 4.50. The van der Waals surface area contributed by atoms with E-state index in [2.05, 4.69) is 35.0 Å². The van der Waals surface area contributed by atoms with E-state index in [-0.39, 0.29) is 0 Å². The summed E-state index contributed by atoms with van der Waals surface area (Å²) in [6.07, 6.45) is 0. The van der Waals surface area contributed by atoms with Gasteiger partial charge in [-0.3, -0.25) is 0 Å². The first-order valence-corrected chi connectivity index (χ1v) is 5.29. The van der Waals surface area contributed by atoms with Crippen LogP contribution in [0.1, 0.15) is 5.69 Å². The Labute approximate surface area is 88.4 Å². The summed E-state index contributed by atoms with van der Waals surface area (Å²) in [6, 6.07) is 10.4. The number of nitrogens with two attached hydrogens (primary N) is 1. The van der Waals surface area contributed by atoms with Crippen LogP contribution in [0.3, 0.4) is 0 Å². The molecule has 0 fully saturated rings. The minimum Gasteiger partial charge on any atom is -0.333 e. The van der Waals surface area contributed by atoms with Gasteiger partial charge in [-0.15, -0.1) is 11.3 Å². The minimum absolute atomic E-state index is 1.12. The van der Waals surface area contributed by atoms with E-state index in [1.165, 1.54) is 17.5 Å². The molecular formula is C11H14N2S. The van der Waals surface area contributed by atoms with E-state index in [4.69, 9.17) is 0 Å². The van der Waals surface area contributed by atoms with Gasteiger partial charge in [0.25, 0.3) is 0 Å². The smallest absolute Gasteiger partial charge is 0.0801 e. The topological polar surface area (TPSA) is 38.9 Å². The van der Waals surface area contributed by atoms with Crippen molar-refractivity contribution < 1.29 is 0 Å². The van der Waals surface area contributed by atoms with Gasteiger partial charge in [-0.05, 0) is 19.5 Å². The fourth-order valence-electron chi connectivity index (χ4n) is 1.17. The van der Waals surface area contributed by atoms with E-state index >= 15 is 0 Å². The second kappa shape index (κ2) is 5.52. The molecule has 0 aliphatic rings. The molecule has 0 unspecified atom stereocenters. The van der Waals surface area contributed by atoms with Crippen molar-refractivity contribution in [2.24, 2.45) is 5.73 Å². The summed E-state index contributed by atoms with van der Waals surface area (Å²) in [4.78, 5) is 5.49. The van der Waals surface area contributed by atoms with Crippen LogP contribution in [0, 0.1) is 6.92 Å². The molecule has 0 aliphatic carbocycles. The van der Waals surface area contributed by atoms with Crippen molar-refractivity contribution in [3.63, 3.8) is 0 Å². The standard InChI is InChI=1S/C10H9NS.CH5N/c1-8-10(12-7-11-8)9-5-3-2-4-6-9;1-2/h2-7H,1H3;2H2,1H3. The molecule has 3 heteroatoms. The van der Waals surface area contributed by atoms with E-state index in [9.17, 15) is 0 Å². The molecule has 74 valence electrons. The van der Waals surface area contributed by atoms with E-state index < -0.39 is 0 Å². The molecule has 2 nitrogen and oxygen atoms in total. The van der Waals surface area contributed by atoms with Crippen LogP contribution in [-0.2, 0) is 0 Å². The molecule has 0 saturated carbocycles. The SMILES string of the molecule is CN.Cc1ncsc1-c1ccccc1. The summed E-state index contributed by atoms with van der Waals surface area (Å²) in [6.45, 7) is 2.04. The highest BCUT2D eigenvalue weighted by Gasteiger charge is 2.01. The van der Waals surface area contributed by atoms with Crippen LogP contribution < -0.4 is 5.73 Å². The quantitative estimate of drug-likeness (QED) is 0.779. The molecule has 1 heterocycles. The minimum atomic E-state index is 1.12. The summed E-state index contributed by atoms with van der Waals surface area (Å²) in [5, 5.41) is 0. The van der Waals surface area contributed by atoms with Crippen LogP contribution in [0.2, 0.25) is 0 Å². The first-order valence-electron chi connectivity index (χ1n) is 4.41. The molecule has 0 radical (unpaired) electrons. The van der Waals surface area contributed by atoms with Gasteiger partial charge in [0, 0.05) is 0 Å². The zero-order valence-corrected chi connectivity index (χ0v) is 9.21. The van der Waals surface area contributed by atoms with Crippen LogP contribution in [0.5, 0.6) is 0 Å². The Hall–Kier alpha value is -1.19. The molecule has 2 aromatic rings. The molecular weight excluding hydrogens is 192 g/mol. The molecule has 14 heavy (non-hydrogen) atoms. The molecule has 0 bridgehead atoms. The van der Waals surface area contributed by atoms with E-state index in [1.807, 2.05) is 18.5 Å². The van der Waals surface area contributed by atoms with E-state index in [0.717, 1.165) is 5.69 Å². The van der Waals surface area contributed by atoms with Crippen LogP contribution in [0.25, 0.3) is 10.4 Å². The average molecular weight is 206 g/mol. The van der Waals surface area contributed by atoms with Gasteiger partial charge < -0.3 is 5.73 Å². The molecule has 2 N–H and O–H groups in total. The molecule has 0 spiro atoms. The molecule has 1 aromatic carbocycles. The summed E-state index contributed by atoms with van der Waals surface area (Å²) in [7, 11) is 1.50. The van der Waals surface area contributed by atoms with Gasteiger partial charge in [0.1, 0.15) is 0 Å². The zero-order valence-electron chi connectivity index (χ0n) is 8.40. The van der Waals surface area contributed by atoms with Crippen molar-refractivity contribution >= 4 is 11.3 Å². The van der Waals surface area contributed by atoms with Crippen molar-refractivity contribution in [3.8, 4) is 10.4 Å². The molecule has 0 aliphatic heterocycles. The number of aromatic nitrogens is 1. The lowest BCUT2D eigenvalue weighted by atomic mass is 10.2. The predicted octanol–water partition coefficient (Wildman–Crippen LogP) is 2.69. The van der Waals surface area contributed by atoms with E-state index in [0.29, 0.717) is 0 Å². The van der Waals surface area contributed by atoms with Crippen molar-refractivity contribution in [1.29, 1.82) is 0 Å². The number of aryl methyl sites for hydroxylation is 1. The van der Waals surface area contributed by atoms with Crippen molar-refractivity contribution in [3.05, 3.63) is 41.5 Å². The number of nitrogens with zero attached hydrogens (tertiary/aromatic N) is 1. The van der Waals surface area contributed by atoms with Gasteiger partial charge in [-0.2, -0.15) is 0 Å². The van der Waals surface area contributed by atoms with Gasteiger partial charge in [0.05, 0.1) is 16.1 Å². The monoisotopic (exact) mass is 206 g/mol. The molecule has 2 rings (SSSR count). The normalized spacial score (nSPS) is 9.07. The molecule has 0 amide bonds. The first-order chi connectivity index (χ1) is 6.88. The maximum Gasteiger partial charge on any atom is 0.0801 e. The highest BCUT2D eigenvalue weighted by Crippen LogP contribution is 2.26. The number of rotatable bonds is 1. The Morgan fingerprint density at radius 1 is 1.14 bits per heavy atom. The van der Waals surface area contributed by atoms with Gasteiger partial charge in [-0.25, -0.2) is 4.98 Å². The summed E-state index contributed by atoms with van der Waals surface area (Å²) >= 11 is 1.69. The first kappa shape index (κ1) is 10.9. The maximum absolute atomic E-state index is 4.50. The average Bonchev–Trinajstić information content (AvgIpc) is 2.69. The molecule has 0 atom stereocenters. The second-order valence-corrected chi connectivity index (χ2v) is 3.49. The van der Waals surface area contributed by atoms with Crippen molar-refractivity contribution in [2.75, 3.05) is 7.05 Å². The highest BCUT2D eigenvalue weighted by atomic mass is 32.1. The third-order valence-electron chi connectivity index (χ3n) is 1.78. The summed E-state index contributed by atoms with van der Waals surface area (Å²) in [5.41, 5.74) is 8.76. The van der Waals surface area contributed by atoms with Crippen LogP contribution >= 0.6 is 11.3 Å². The number of benzene rings is 1. The van der Waals surface area contributed by atoms with Gasteiger partial charge in [-0.1, -0.05) is 30.3 Å².